The highest BCUT2D eigenvalue weighted by Gasteiger charge is 2.13. The van der Waals surface area contributed by atoms with E-state index in [1.54, 1.807) is 55.8 Å². The zero-order valence-electron chi connectivity index (χ0n) is 17.0. The number of anilines is 1. The second-order valence-corrected chi connectivity index (χ2v) is 6.63. The lowest BCUT2D eigenvalue weighted by Crippen LogP contribution is -2.23. The van der Waals surface area contributed by atoms with Gasteiger partial charge in [0.15, 0.2) is 16.6 Å². The monoisotopic (exact) mass is 435 g/mol. The van der Waals surface area contributed by atoms with Gasteiger partial charge in [-0.3, -0.25) is 5.43 Å². The maximum atomic E-state index is 12.4. The number of carbonyl (C=O) groups is 1. The van der Waals surface area contributed by atoms with Crippen molar-refractivity contribution in [2.45, 2.75) is 0 Å². The van der Waals surface area contributed by atoms with Crippen LogP contribution in [0.4, 0.5) is 5.69 Å². The number of rotatable bonds is 7. The van der Waals surface area contributed by atoms with Crippen LogP contribution in [-0.4, -0.2) is 31.5 Å². The lowest BCUT2D eigenvalue weighted by Gasteiger charge is -2.10. The molecule has 0 aliphatic carbocycles. The van der Waals surface area contributed by atoms with Crippen LogP contribution in [0.5, 0.6) is 17.2 Å². The fraction of sp³-hybridized carbons (Fsp3) is 0.0870. The Kier molecular flexibility index (Phi) is 7.56. The summed E-state index contributed by atoms with van der Waals surface area (Å²) in [5.41, 5.74) is 4.74. The standard InChI is InChI=1S/C23H21N3O4S/c1-28-19-11-9-17(10-12-19)22(27)30-20-13-8-16(14-21(20)29-2)15-24-26-23(31)25-18-6-4-3-5-7-18/h3-15H,1-2H3,(H2,25,26,31)/b24-15+. The normalized spacial score (nSPS) is 10.4. The first-order chi connectivity index (χ1) is 15.1. The molecule has 0 bridgehead atoms. The number of nitrogens with zero attached hydrogens (tertiary/aromatic N) is 1. The Morgan fingerprint density at radius 2 is 1.68 bits per heavy atom. The van der Waals surface area contributed by atoms with Crippen molar-refractivity contribution in [1.29, 1.82) is 0 Å². The molecule has 0 spiro atoms. The van der Waals surface area contributed by atoms with Gasteiger partial charge in [-0.05, 0) is 72.4 Å². The minimum atomic E-state index is -0.499. The second kappa shape index (κ2) is 10.7. The molecule has 0 aliphatic rings. The Labute approximate surface area is 185 Å². The van der Waals surface area contributed by atoms with E-state index in [0.717, 1.165) is 11.3 Å². The predicted molar refractivity (Wildman–Crippen MR) is 124 cm³/mol. The minimum Gasteiger partial charge on any atom is -0.497 e. The Morgan fingerprint density at radius 1 is 0.935 bits per heavy atom. The van der Waals surface area contributed by atoms with E-state index >= 15 is 0 Å². The van der Waals surface area contributed by atoms with E-state index < -0.39 is 5.97 Å². The van der Waals surface area contributed by atoms with E-state index in [1.165, 1.54) is 7.11 Å². The molecule has 3 rings (SSSR count). The number of hydrogen-bond donors (Lipinski definition) is 2. The van der Waals surface area contributed by atoms with Crippen LogP contribution in [0.15, 0.2) is 77.9 Å². The van der Waals surface area contributed by atoms with Crippen LogP contribution in [0.3, 0.4) is 0 Å². The van der Waals surface area contributed by atoms with Gasteiger partial charge in [0, 0.05) is 5.69 Å². The van der Waals surface area contributed by atoms with Crippen molar-refractivity contribution < 1.29 is 19.0 Å². The van der Waals surface area contributed by atoms with E-state index in [0.29, 0.717) is 27.9 Å². The van der Waals surface area contributed by atoms with Crippen molar-refractivity contribution in [3.8, 4) is 17.2 Å². The summed E-state index contributed by atoms with van der Waals surface area (Å²) >= 11 is 5.20. The Morgan fingerprint density at radius 3 is 2.35 bits per heavy atom. The number of methoxy groups -OCH3 is 2. The van der Waals surface area contributed by atoms with E-state index in [1.807, 2.05) is 30.3 Å². The van der Waals surface area contributed by atoms with E-state index in [9.17, 15) is 4.79 Å². The average molecular weight is 436 g/mol. The molecule has 3 aromatic carbocycles. The molecule has 0 amide bonds. The molecule has 0 aromatic heterocycles. The number of hydrazone groups is 1. The van der Waals surface area contributed by atoms with Gasteiger partial charge in [-0.2, -0.15) is 5.10 Å². The number of para-hydroxylation sites is 1. The van der Waals surface area contributed by atoms with Crippen molar-refractivity contribution in [1.82, 2.24) is 5.43 Å². The summed E-state index contributed by atoms with van der Waals surface area (Å²) in [5, 5.41) is 7.50. The summed E-state index contributed by atoms with van der Waals surface area (Å²) in [6.07, 6.45) is 1.58. The summed E-state index contributed by atoms with van der Waals surface area (Å²) < 4.78 is 15.9. The van der Waals surface area contributed by atoms with Gasteiger partial charge >= 0.3 is 5.97 Å². The number of thiocarbonyl (C=S) groups is 1. The van der Waals surface area contributed by atoms with Crippen molar-refractivity contribution in [2.75, 3.05) is 19.5 Å². The molecule has 7 nitrogen and oxygen atoms in total. The third-order valence-corrected chi connectivity index (χ3v) is 4.32. The van der Waals surface area contributed by atoms with Crippen molar-refractivity contribution in [3.05, 3.63) is 83.9 Å². The first-order valence-corrected chi connectivity index (χ1v) is 9.69. The smallest absolute Gasteiger partial charge is 0.343 e. The fourth-order valence-electron chi connectivity index (χ4n) is 2.58. The molecule has 0 saturated heterocycles. The largest absolute Gasteiger partial charge is 0.497 e. The maximum Gasteiger partial charge on any atom is 0.343 e. The van der Waals surface area contributed by atoms with Gasteiger partial charge in [0.1, 0.15) is 5.75 Å². The number of carbonyl (C=O) groups excluding carboxylic acids is 1. The van der Waals surface area contributed by atoms with E-state index in [-0.39, 0.29) is 0 Å². The number of nitrogens with one attached hydrogen (secondary N) is 2. The van der Waals surface area contributed by atoms with Crippen molar-refractivity contribution >= 4 is 35.2 Å². The molecule has 158 valence electrons. The first kappa shape index (κ1) is 21.8. The van der Waals surface area contributed by atoms with Crippen LogP contribution in [0.1, 0.15) is 15.9 Å². The van der Waals surface area contributed by atoms with Crippen molar-refractivity contribution in [3.63, 3.8) is 0 Å². The van der Waals surface area contributed by atoms with Gasteiger partial charge in [-0.15, -0.1) is 0 Å². The molecule has 8 heteroatoms. The highest BCUT2D eigenvalue weighted by atomic mass is 32.1. The summed E-state index contributed by atoms with van der Waals surface area (Å²) in [4.78, 5) is 12.4. The number of ether oxygens (including phenoxy) is 3. The van der Waals surface area contributed by atoms with E-state index in [2.05, 4.69) is 15.8 Å². The number of hydrogen-bond acceptors (Lipinski definition) is 6. The van der Waals surface area contributed by atoms with Gasteiger partial charge < -0.3 is 19.5 Å². The van der Waals surface area contributed by atoms with Crippen LogP contribution in [-0.2, 0) is 0 Å². The quantitative estimate of drug-likeness (QED) is 0.189. The molecule has 0 heterocycles. The maximum absolute atomic E-state index is 12.4. The van der Waals surface area contributed by atoms with Crippen LogP contribution in [0.25, 0.3) is 0 Å². The third-order valence-electron chi connectivity index (χ3n) is 4.13. The summed E-state index contributed by atoms with van der Waals surface area (Å²) in [6, 6.07) is 21.3. The minimum absolute atomic E-state index is 0.301. The molecular weight excluding hydrogens is 414 g/mol. The molecule has 3 aromatic rings. The molecular formula is C23H21N3O4S. The first-order valence-electron chi connectivity index (χ1n) is 9.28. The molecule has 0 atom stereocenters. The van der Waals surface area contributed by atoms with Gasteiger partial charge in [0.2, 0.25) is 0 Å². The highest BCUT2D eigenvalue weighted by molar-refractivity contribution is 7.80. The highest BCUT2D eigenvalue weighted by Crippen LogP contribution is 2.28. The zero-order valence-corrected chi connectivity index (χ0v) is 17.8. The number of esters is 1. The average Bonchev–Trinajstić information content (AvgIpc) is 2.80. The summed E-state index contributed by atoms with van der Waals surface area (Å²) in [6.45, 7) is 0. The van der Waals surface area contributed by atoms with Gasteiger partial charge in [0.25, 0.3) is 0 Å². The van der Waals surface area contributed by atoms with E-state index in [4.69, 9.17) is 26.4 Å². The fourth-order valence-corrected chi connectivity index (χ4v) is 2.75. The number of benzene rings is 3. The van der Waals surface area contributed by atoms with Gasteiger partial charge in [-0.1, -0.05) is 18.2 Å². The van der Waals surface area contributed by atoms with Crippen LogP contribution in [0, 0.1) is 0 Å². The second-order valence-electron chi connectivity index (χ2n) is 6.22. The SMILES string of the molecule is COc1ccc(C(=O)Oc2ccc(/C=N/NC(=S)Nc3ccccc3)cc2OC)cc1. The van der Waals surface area contributed by atoms with Crippen molar-refractivity contribution in [2.24, 2.45) is 5.10 Å². The lowest BCUT2D eigenvalue weighted by molar-refractivity contribution is 0.0729. The predicted octanol–water partition coefficient (Wildman–Crippen LogP) is 4.24. The van der Waals surface area contributed by atoms with Gasteiger partial charge in [0.05, 0.1) is 26.0 Å². The molecule has 2 N–H and O–H groups in total. The van der Waals surface area contributed by atoms with Crippen LogP contribution < -0.4 is 25.0 Å². The Balaban J connectivity index is 1.61. The summed E-state index contributed by atoms with van der Waals surface area (Å²) in [5.74, 6) is 0.858. The Hall–Kier alpha value is -3.91. The third kappa shape index (κ3) is 6.28. The molecule has 0 unspecified atom stereocenters. The molecule has 0 radical (unpaired) electrons. The topological polar surface area (TPSA) is 81.2 Å². The Bertz CT molecular complexity index is 1070. The summed E-state index contributed by atoms with van der Waals surface area (Å²) in [7, 11) is 3.06. The van der Waals surface area contributed by atoms with Crippen LogP contribution in [0.2, 0.25) is 0 Å². The molecule has 31 heavy (non-hydrogen) atoms. The lowest BCUT2D eigenvalue weighted by atomic mass is 10.2. The molecule has 0 aliphatic heterocycles. The molecule has 0 fully saturated rings. The molecule has 0 saturated carbocycles. The van der Waals surface area contributed by atoms with Crippen LogP contribution >= 0.6 is 12.2 Å². The van der Waals surface area contributed by atoms with Gasteiger partial charge in [-0.25, -0.2) is 4.79 Å². The zero-order chi connectivity index (χ0) is 22.1.